The zero-order chi connectivity index (χ0) is 12.2. The SMILES string of the molecule is C[Si](C)(C)OP(=O)(O)CCc1ccccn1. The van der Waals surface area contributed by atoms with Crippen molar-refractivity contribution in [3.8, 4) is 0 Å². The molecule has 0 spiro atoms. The lowest BCUT2D eigenvalue weighted by Crippen LogP contribution is -2.24. The third-order valence-corrected chi connectivity index (χ3v) is 5.91. The van der Waals surface area contributed by atoms with Crippen LogP contribution in [0.2, 0.25) is 19.6 Å². The van der Waals surface area contributed by atoms with Crippen molar-refractivity contribution in [3.05, 3.63) is 30.1 Å². The summed E-state index contributed by atoms with van der Waals surface area (Å²) in [5.41, 5.74) is 0.816. The lowest BCUT2D eigenvalue weighted by molar-refractivity contribution is 0.378. The van der Waals surface area contributed by atoms with Gasteiger partial charge in [0, 0.05) is 18.3 Å². The quantitative estimate of drug-likeness (QED) is 0.652. The molecule has 0 fully saturated rings. The number of aromatic nitrogens is 1. The van der Waals surface area contributed by atoms with Crippen molar-refractivity contribution in [1.29, 1.82) is 0 Å². The number of rotatable bonds is 5. The van der Waals surface area contributed by atoms with E-state index in [2.05, 4.69) is 4.98 Å². The second-order valence-electron chi connectivity index (χ2n) is 4.64. The van der Waals surface area contributed by atoms with E-state index < -0.39 is 15.9 Å². The molecule has 16 heavy (non-hydrogen) atoms. The van der Waals surface area contributed by atoms with Crippen LogP contribution in [0.1, 0.15) is 5.69 Å². The van der Waals surface area contributed by atoms with Gasteiger partial charge in [-0.15, -0.1) is 0 Å². The van der Waals surface area contributed by atoms with Crippen molar-refractivity contribution < 1.29 is 13.7 Å². The van der Waals surface area contributed by atoms with Crippen LogP contribution in [0, 0.1) is 0 Å². The van der Waals surface area contributed by atoms with Gasteiger partial charge in [0.25, 0.3) is 0 Å². The lowest BCUT2D eigenvalue weighted by atomic mass is 10.3. The Morgan fingerprint density at radius 3 is 2.62 bits per heavy atom. The molecule has 0 amide bonds. The van der Waals surface area contributed by atoms with Crippen LogP contribution in [0.3, 0.4) is 0 Å². The van der Waals surface area contributed by atoms with Gasteiger partial charge < -0.3 is 9.11 Å². The maximum atomic E-state index is 11.7. The molecule has 0 aliphatic carbocycles. The maximum absolute atomic E-state index is 11.7. The van der Waals surface area contributed by atoms with E-state index in [4.69, 9.17) is 4.21 Å². The molecule has 0 aliphatic heterocycles. The molecule has 4 nitrogen and oxygen atoms in total. The molecule has 0 radical (unpaired) electrons. The topological polar surface area (TPSA) is 59.4 Å². The average molecular weight is 259 g/mol. The van der Waals surface area contributed by atoms with Gasteiger partial charge in [0.15, 0.2) is 8.32 Å². The van der Waals surface area contributed by atoms with E-state index in [0.717, 1.165) is 5.69 Å². The van der Waals surface area contributed by atoms with Crippen LogP contribution in [-0.4, -0.2) is 24.4 Å². The predicted molar refractivity (Wildman–Crippen MR) is 67.1 cm³/mol. The first kappa shape index (κ1) is 13.6. The Hall–Kier alpha value is -0.483. The summed E-state index contributed by atoms with van der Waals surface area (Å²) in [5, 5.41) is 0. The molecule has 0 saturated carbocycles. The molecule has 1 unspecified atom stereocenters. The Labute approximate surface area is 97.4 Å². The lowest BCUT2D eigenvalue weighted by Gasteiger charge is -2.21. The largest absolute Gasteiger partial charge is 0.351 e. The van der Waals surface area contributed by atoms with Gasteiger partial charge in [-0.2, -0.15) is 0 Å². The fourth-order valence-electron chi connectivity index (χ4n) is 1.28. The molecule has 1 aromatic heterocycles. The highest BCUT2D eigenvalue weighted by atomic mass is 31.2. The highest BCUT2D eigenvalue weighted by Gasteiger charge is 2.28. The van der Waals surface area contributed by atoms with Crippen LogP contribution in [-0.2, 0) is 15.2 Å². The minimum atomic E-state index is -3.46. The molecule has 1 rings (SSSR count). The number of pyridine rings is 1. The molecule has 0 bridgehead atoms. The number of aryl methyl sites for hydroxylation is 1. The van der Waals surface area contributed by atoms with E-state index in [1.165, 1.54) is 0 Å². The molecule has 6 heteroatoms. The van der Waals surface area contributed by atoms with Crippen molar-refractivity contribution in [2.24, 2.45) is 0 Å². The van der Waals surface area contributed by atoms with E-state index in [9.17, 15) is 9.46 Å². The predicted octanol–water partition coefficient (Wildman–Crippen LogP) is 2.66. The molecular formula is C10H18NO3PSi. The third kappa shape index (κ3) is 5.56. The third-order valence-electron chi connectivity index (χ3n) is 1.79. The second-order valence-corrected chi connectivity index (χ2v) is 11.3. The van der Waals surface area contributed by atoms with Crippen molar-refractivity contribution >= 4 is 15.9 Å². The van der Waals surface area contributed by atoms with Crippen molar-refractivity contribution in [2.75, 3.05) is 6.16 Å². The standard InChI is InChI=1S/C10H18NO3PSi/c1-16(2,3)14-15(12,13)9-7-10-6-4-5-8-11-10/h4-6,8H,7,9H2,1-3H3,(H,12,13). The van der Waals surface area contributed by atoms with Gasteiger partial charge in [0.2, 0.25) is 0 Å². The molecule has 0 aliphatic rings. The fourth-order valence-corrected chi connectivity index (χ4v) is 5.58. The summed E-state index contributed by atoms with van der Waals surface area (Å²) in [6.07, 6.45) is 2.28. The number of nitrogens with zero attached hydrogens (tertiary/aromatic N) is 1. The molecule has 1 aromatic rings. The van der Waals surface area contributed by atoms with Gasteiger partial charge in [-0.1, -0.05) is 6.07 Å². The zero-order valence-electron chi connectivity index (χ0n) is 9.88. The molecule has 1 N–H and O–H groups in total. The summed E-state index contributed by atoms with van der Waals surface area (Å²) in [6, 6.07) is 5.53. The molecule has 90 valence electrons. The van der Waals surface area contributed by atoms with Gasteiger partial charge in [0.05, 0.1) is 6.16 Å². The second kappa shape index (κ2) is 5.23. The first-order chi connectivity index (χ1) is 7.29. The first-order valence-electron chi connectivity index (χ1n) is 5.21. The van der Waals surface area contributed by atoms with Crippen molar-refractivity contribution in [1.82, 2.24) is 4.98 Å². The van der Waals surface area contributed by atoms with E-state index >= 15 is 0 Å². The molecule has 0 saturated heterocycles. The normalized spacial score (nSPS) is 15.8. The Morgan fingerprint density at radius 1 is 1.44 bits per heavy atom. The van der Waals surface area contributed by atoms with Gasteiger partial charge in [-0.3, -0.25) is 9.55 Å². The highest BCUT2D eigenvalue weighted by Crippen LogP contribution is 2.45. The van der Waals surface area contributed by atoms with Crippen molar-refractivity contribution in [2.45, 2.75) is 26.1 Å². The van der Waals surface area contributed by atoms with Gasteiger partial charge in [-0.05, 0) is 31.8 Å². The molecule has 0 aromatic carbocycles. The van der Waals surface area contributed by atoms with Crippen molar-refractivity contribution in [3.63, 3.8) is 0 Å². The highest BCUT2D eigenvalue weighted by molar-refractivity contribution is 7.54. The Balaban J connectivity index is 2.52. The fraction of sp³-hybridized carbons (Fsp3) is 0.500. The van der Waals surface area contributed by atoms with Gasteiger partial charge >= 0.3 is 7.60 Å². The number of hydrogen-bond donors (Lipinski definition) is 1. The Bertz CT molecular complexity index is 377. The van der Waals surface area contributed by atoms with Crippen LogP contribution in [0.5, 0.6) is 0 Å². The van der Waals surface area contributed by atoms with Crippen LogP contribution in [0.15, 0.2) is 24.4 Å². The minimum Gasteiger partial charge on any atom is -0.351 e. The smallest absolute Gasteiger partial charge is 0.318 e. The number of hydrogen-bond acceptors (Lipinski definition) is 3. The van der Waals surface area contributed by atoms with E-state index in [1.54, 1.807) is 6.20 Å². The molecule has 1 atom stereocenters. The molecule has 1 heterocycles. The molecular weight excluding hydrogens is 241 g/mol. The van der Waals surface area contributed by atoms with Gasteiger partial charge in [-0.25, -0.2) is 0 Å². The van der Waals surface area contributed by atoms with E-state index in [0.29, 0.717) is 6.42 Å². The zero-order valence-corrected chi connectivity index (χ0v) is 11.8. The summed E-state index contributed by atoms with van der Waals surface area (Å²) >= 11 is 0. The minimum absolute atomic E-state index is 0.133. The van der Waals surface area contributed by atoms with Gasteiger partial charge in [0.1, 0.15) is 0 Å². The Morgan fingerprint density at radius 2 is 2.12 bits per heavy atom. The maximum Gasteiger partial charge on any atom is 0.318 e. The van der Waals surface area contributed by atoms with Crippen LogP contribution in [0.4, 0.5) is 0 Å². The monoisotopic (exact) mass is 259 g/mol. The summed E-state index contributed by atoms with van der Waals surface area (Å²) in [5.74, 6) is 0. The Kier molecular flexibility index (Phi) is 4.44. The average Bonchev–Trinajstić information content (AvgIpc) is 2.13. The summed E-state index contributed by atoms with van der Waals surface area (Å²) < 4.78 is 17.0. The summed E-state index contributed by atoms with van der Waals surface area (Å²) in [6.45, 7) is 5.70. The van der Waals surface area contributed by atoms with Crippen LogP contribution >= 0.6 is 7.60 Å². The van der Waals surface area contributed by atoms with Crippen LogP contribution in [0.25, 0.3) is 0 Å². The van der Waals surface area contributed by atoms with E-state index in [1.807, 2.05) is 37.8 Å². The summed E-state index contributed by atoms with van der Waals surface area (Å²) in [7, 11) is -5.42. The summed E-state index contributed by atoms with van der Waals surface area (Å²) in [4.78, 5) is 13.8. The van der Waals surface area contributed by atoms with Crippen LogP contribution < -0.4 is 0 Å². The first-order valence-corrected chi connectivity index (χ1v) is 10.4. The van der Waals surface area contributed by atoms with E-state index in [-0.39, 0.29) is 6.16 Å².